The van der Waals surface area contributed by atoms with Gasteiger partial charge in [-0.3, -0.25) is 9.48 Å². The van der Waals surface area contributed by atoms with Crippen LogP contribution in [0.15, 0.2) is 48.7 Å². The molecule has 1 aromatic heterocycles. The van der Waals surface area contributed by atoms with E-state index < -0.39 is 23.7 Å². The summed E-state index contributed by atoms with van der Waals surface area (Å²) in [6.45, 7) is -0.0334. The fourth-order valence-electron chi connectivity index (χ4n) is 3.26. The van der Waals surface area contributed by atoms with E-state index in [-0.39, 0.29) is 29.1 Å². The van der Waals surface area contributed by atoms with Crippen LogP contribution >= 0.6 is 23.2 Å². The Morgan fingerprint density at radius 3 is 2.48 bits per heavy atom. The van der Waals surface area contributed by atoms with Crippen LogP contribution in [0.4, 0.5) is 13.2 Å². The van der Waals surface area contributed by atoms with Crippen molar-refractivity contribution in [3.8, 4) is 11.3 Å². The largest absolute Gasteiger partial charge is 0.416 e. The molecular formula is C21H19Cl2F3N4O. The van der Waals surface area contributed by atoms with Gasteiger partial charge in [0, 0.05) is 30.8 Å². The molecule has 0 aliphatic heterocycles. The van der Waals surface area contributed by atoms with Crippen molar-refractivity contribution in [2.75, 3.05) is 6.54 Å². The summed E-state index contributed by atoms with van der Waals surface area (Å²) in [4.78, 5) is 12.7. The molecule has 5 nitrogen and oxygen atoms in total. The minimum atomic E-state index is -4.49. The minimum absolute atomic E-state index is 0.0334. The fourth-order valence-corrected chi connectivity index (χ4v) is 3.80. The summed E-state index contributed by atoms with van der Waals surface area (Å²) in [5, 5.41) is 7.43. The maximum atomic E-state index is 13.2. The molecule has 0 fully saturated rings. The average molecular weight is 471 g/mol. The smallest absolute Gasteiger partial charge is 0.348 e. The minimum Gasteiger partial charge on any atom is -0.348 e. The lowest BCUT2D eigenvalue weighted by atomic mass is 9.99. The summed E-state index contributed by atoms with van der Waals surface area (Å²) in [7, 11) is 1.71. The van der Waals surface area contributed by atoms with Gasteiger partial charge in [0.25, 0.3) is 5.91 Å². The summed E-state index contributed by atoms with van der Waals surface area (Å²) in [5.74, 6) is -0.496. The number of aryl methyl sites for hydroxylation is 1. The standard InChI is InChI=1S/C21H19Cl2F3N4O/c1-30-19(18(23)11-28-30)15-7-6-13(9-17(15)22)20(31)29-14(10-27)8-12-4-2-3-5-16(12)21(24,25)26/h2-7,9,11,14H,8,10,27H2,1H3,(H,29,31)/t14-/m0/s1. The van der Waals surface area contributed by atoms with Gasteiger partial charge in [-0.05, 0) is 30.2 Å². The number of amides is 1. The lowest BCUT2D eigenvalue weighted by Gasteiger charge is -2.20. The fraction of sp³-hybridized carbons (Fsp3) is 0.238. The summed E-state index contributed by atoms with van der Waals surface area (Å²) >= 11 is 12.5. The topological polar surface area (TPSA) is 72.9 Å². The Hall–Kier alpha value is -2.55. The number of carbonyl (C=O) groups excluding carboxylic acids is 1. The Balaban J connectivity index is 1.79. The Labute approximate surface area is 186 Å². The van der Waals surface area contributed by atoms with Crippen molar-refractivity contribution < 1.29 is 18.0 Å². The monoisotopic (exact) mass is 470 g/mol. The van der Waals surface area contributed by atoms with Gasteiger partial charge in [-0.2, -0.15) is 18.3 Å². The molecule has 0 saturated heterocycles. The second kappa shape index (κ2) is 9.30. The first-order valence-corrected chi connectivity index (χ1v) is 10.0. The van der Waals surface area contributed by atoms with Crippen molar-refractivity contribution >= 4 is 29.1 Å². The molecule has 0 bridgehead atoms. The van der Waals surface area contributed by atoms with Crippen LogP contribution in [-0.2, 0) is 19.6 Å². The van der Waals surface area contributed by atoms with Crippen molar-refractivity contribution in [1.82, 2.24) is 15.1 Å². The quantitative estimate of drug-likeness (QED) is 0.547. The number of rotatable bonds is 6. The van der Waals surface area contributed by atoms with Crippen molar-refractivity contribution in [1.29, 1.82) is 0 Å². The van der Waals surface area contributed by atoms with Gasteiger partial charge in [-0.1, -0.05) is 47.5 Å². The number of nitrogens with zero attached hydrogens (tertiary/aromatic N) is 2. The van der Waals surface area contributed by atoms with E-state index in [1.807, 2.05) is 0 Å². The molecule has 0 aliphatic rings. The molecule has 0 spiro atoms. The van der Waals surface area contributed by atoms with E-state index in [1.54, 1.807) is 23.9 Å². The van der Waals surface area contributed by atoms with Crippen molar-refractivity contribution in [3.63, 3.8) is 0 Å². The number of halogens is 5. The zero-order valence-corrected chi connectivity index (χ0v) is 17.9. The third-order valence-electron chi connectivity index (χ3n) is 4.79. The number of hydrogen-bond donors (Lipinski definition) is 2. The zero-order valence-electron chi connectivity index (χ0n) is 16.4. The Morgan fingerprint density at radius 2 is 1.90 bits per heavy atom. The van der Waals surface area contributed by atoms with Gasteiger partial charge in [0.05, 0.1) is 27.5 Å². The molecule has 3 rings (SSSR count). The summed E-state index contributed by atoms with van der Waals surface area (Å²) < 4.78 is 41.3. The van der Waals surface area contributed by atoms with Gasteiger partial charge in [-0.25, -0.2) is 0 Å². The van der Waals surface area contributed by atoms with E-state index >= 15 is 0 Å². The summed E-state index contributed by atoms with van der Waals surface area (Å²) in [5.41, 5.74) is 6.46. The first-order chi connectivity index (χ1) is 14.6. The molecule has 2 aromatic carbocycles. The van der Waals surface area contributed by atoms with Gasteiger partial charge < -0.3 is 11.1 Å². The van der Waals surface area contributed by atoms with Gasteiger partial charge in [0.15, 0.2) is 0 Å². The maximum absolute atomic E-state index is 13.2. The molecule has 3 aromatic rings. The first-order valence-electron chi connectivity index (χ1n) is 9.25. The van der Waals surface area contributed by atoms with Crippen LogP contribution in [0.1, 0.15) is 21.5 Å². The number of aromatic nitrogens is 2. The van der Waals surface area contributed by atoms with Crippen LogP contribution in [0.5, 0.6) is 0 Å². The van der Waals surface area contributed by atoms with E-state index in [1.165, 1.54) is 30.5 Å². The van der Waals surface area contributed by atoms with Gasteiger partial charge in [0.2, 0.25) is 0 Å². The van der Waals surface area contributed by atoms with Gasteiger partial charge in [-0.15, -0.1) is 0 Å². The molecule has 0 saturated carbocycles. The third-order valence-corrected chi connectivity index (χ3v) is 5.38. The highest BCUT2D eigenvalue weighted by atomic mass is 35.5. The van der Waals surface area contributed by atoms with E-state index in [9.17, 15) is 18.0 Å². The molecule has 0 unspecified atom stereocenters. The molecule has 0 radical (unpaired) electrons. The number of benzene rings is 2. The summed E-state index contributed by atoms with van der Waals surface area (Å²) in [6, 6.07) is 9.18. The molecule has 0 aliphatic carbocycles. The third kappa shape index (κ3) is 5.20. The van der Waals surface area contributed by atoms with Crippen LogP contribution in [-0.4, -0.2) is 28.3 Å². The van der Waals surface area contributed by atoms with E-state index in [2.05, 4.69) is 10.4 Å². The second-order valence-corrected chi connectivity index (χ2v) is 7.74. The van der Waals surface area contributed by atoms with Crippen molar-refractivity contribution in [2.45, 2.75) is 18.6 Å². The Bertz CT molecular complexity index is 1080. The van der Waals surface area contributed by atoms with Crippen molar-refractivity contribution in [3.05, 3.63) is 75.4 Å². The highest BCUT2D eigenvalue weighted by molar-refractivity contribution is 6.36. The van der Waals surface area contributed by atoms with E-state index in [4.69, 9.17) is 28.9 Å². The van der Waals surface area contributed by atoms with Crippen LogP contribution in [0.25, 0.3) is 11.3 Å². The Morgan fingerprint density at radius 1 is 1.19 bits per heavy atom. The maximum Gasteiger partial charge on any atom is 0.416 e. The lowest BCUT2D eigenvalue weighted by Crippen LogP contribution is -2.42. The first kappa shape index (κ1) is 23.1. The zero-order chi connectivity index (χ0) is 22.8. The number of hydrogen-bond acceptors (Lipinski definition) is 3. The van der Waals surface area contributed by atoms with Gasteiger partial charge >= 0.3 is 6.18 Å². The van der Waals surface area contributed by atoms with Crippen LogP contribution in [0.3, 0.4) is 0 Å². The molecule has 1 heterocycles. The van der Waals surface area contributed by atoms with Crippen LogP contribution in [0.2, 0.25) is 10.0 Å². The molecule has 1 atom stereocenters. The summed E-state index contributed by atoms with van der Waals surface area (Å²) in [6.07, 6.45) is -3.07. The van der Waals surface area contributed by atoms with E-state index in [0.29, 0.717) is 16.3 Å². The van der Waals surface area contributed by atoms with Crippen LogP contribution < -0.4 is 11.1 Å². The molecule has 31 heavy (non-hydrogen) atoms. The highest BCUT2D eigenvalue weighted by Crippen LogP contribution is 2.34. The number of nitrogens with two attached hydrogens (primary N) is 1. The van der Waals surface area contributed by atoms with E-state index in [0.717, 1.165) is 6.07 Å². The predicted molar refractivity (Wildman–Crippen MR) is 114 cm³/mol. The molecule has 164 valence electrons. The molecule has 3 N–H and O–H groups in total. The molecular weight excluding hydrogens is 452 g/mol. The second-order valence-electron chi connectivity index (χ2n) is 6.92. The number of nitrogens with one attached hydrogen (secondary N) is 1. The SMILES string of the molecule is Cn1ncc(Cl)c1-c1ccc(C(=O)N[C@H](CN)Cc2ccccc2C(F)(F)F)cc1Cl. The number of carbonyl (C=O) groups is 1. The van der Waals surface area contributed by atoms with Gasteiger partial charge in [0.1, 0.15) is 0 Å². The Kier molecular flexibility index (Phi) is 6.93. The van der Waals surface area contributed by atoms with Crippen LogP contribution in [0, 0.1) is 0 Å². The molecule has 10 heteroatoms. The lowest BCUT2D eigenvalue weighted by molar-refractivity contribution is -0.138. The normalized spacial score (nSPS) is 12.6. The molecule has 1 amide bonds. The number of alkyl halides is 3. The highest BCUT2D eigenvalue weighted by Gasteiger charge is 2.33. The average Bonchev–Trinajstić information content (AvgIpc) is 3.05. The van der Waals surface area contributed by atoms with Crippen molar-refractivity contribution in [2.24, 2.45) is 12.8 Å². The predicted octanol–water partition coefficient (Wildman–Crippen LogP) is 4.71.